The summed E-state index contributed by atoms with van der Waals surface area (Å²) in [6.45, 7) is 3.92. The first-order valence-corrected chi connectivity index (χ1v) is 9.35. The van der Waals surface area contributed by atoms with Crippen LogP contribution >= 0.6 is 0 Å². The van der Waals surface area contributed by atoms with E-state index >= 15 is 0 Å². The van der Waals surface area contributed by atoms with Crippen molar-refractivity contribution in [3.05, 3.63) is 72.6 Å². The van der Waals surface area contributed by atoms with Crippen molar-refractivity contribution in [3.8, 4) is 11.4 Å². The lowest BCUT2D eigenvalue weighted by atomic mass is 10.1. The highest BCUT2D eigenvalue weighted by molar-refractivity contribution is 5.90. The number of benzene rings is 2. The van der Waals surface area contributed by atoms with Crippen LogP contribution in [0.4, 0.5) is 10.5 Å². The van der Waals surface area contributed by atoms with Crippen LogP contribution in [-0.2, 0) is 0 Å². The molecule has 1 atom stereocenters. The molecular weight excluding hydrogens is 382 g/mol. The Labute approximate surface area is 173 Å². The number of carbonyl (C=O) groups excluding carboxylic acids is 1. The number of rotatable bonds is 5. The van der Waals surface area contributed by atoms with Gasteiger partial charge in [-0.1, -0.05) is 18.2 Å². The summed E-state index contributed by atoms with van der Waals surface area (Å²) in [5, 5.41) is 18.3. The monoisotopic (exact) mass is 403 g/mol. The molecule has 4 rings (SSSR count). The molecule has 0 radical (unpaired) electrons. The molecule has 0 aliphatic carbocycles. The molecule has 10 nitrogen and oxygen atoms in total. The molecule has 0 fully saturated rings. The predicted molar refractivity (Wildman–Crippen MR) is 110 cm³/mol. The van der Waals surface area contributed by atoms with Crippen LogP contribution in [0.25, 0.3) is 11.4 Å². The number of anilines is 1. The van der Waals surface area contributed by atoms with E-state index in [4.69, 9.17) is 0 Å². The molecule has 0 unspecified atom stereocenters. The van der Waals surface area contributed by atoms with Crippen molar-refractivity contribution >= 4 is 11.7 Å². The predicted octanol–water partition coefficient (Wildman–Crippen LogP) is 2.78. The third-order valence-corrected chi connectivity index (χ3v) is 5.04. The smallest absolute Gasteiger partial charge is 0.321 e. The van der Waals surface area contributed by atoms with Gasteiger partial charge in [0.1, 0.15) is 19.0 Å². The normalized spacial score (nSPS) is 11.8. The third kappa shape index (κ3) is 3.88. The van der Waals surface area contributed by atoms with Gasteiger partial charge in [-0.2, -0.15) is 5.10 Å². The quantitative estimate of drug-likeness (QED) is 0.549. The van der Waals surface area contributed by atoms with Crippen LogP contribution in [0.1, 0.15) is 24.1 Å². The maximum atomic E-state index is 12.9. The van der Waals surface area contributed by atoms with Gasteiger partial charge in [-0.15, -0.1) is 5.10 Å². The second-order valence-electron chi connectivity index (χ2n) is 6.90. The highest BCUT2D eigenvalue weighted by atomic mass is 16.2. The molecule has 0 spiro atoms. The first-order valence-electron chi connectivity index (χ1n) is 9.35. The van der Waals surface area contributed by atoms with Crippen LogP contribution in [0.3, 0.4) is 0 Å². The number of carbonyl (C=O) groups is 1. The van der Waals surface area contributed by atoms with Crippen LogP contribution < -0.4 is 5.32 Å². The Morgan fingerprint density at radius 3 is 2.50 bits per heavy atom. The summed E-state index contributed by atoms with van der Waals surface area (Å²) in [5.74, 6) is 0. The molecule has 2 heterocycles. The summed E-state index contributed by atoms with van der Waals surface area (Å²) in [6.07, 6.45) is 4.64. The Morgan fingerprint density at radius 1 is 1.07 bits per heavy atom. The van der Waals surface area contributed by atoms with Crippen LogP contribution in [0.2, 0.25) is 0 Å². The van der Waals surface area contributed by atoms with E-state index in [1.165, 1.54) is 17.3 Å². The van der Waals surface area contributed by atoms with Crippen molar-refractivity contribution in [2.75, 3.05) is 12.4 Å². The fourth-order valence-corrected chi connectivity index (χ4v) is 3.02. The average Bonchev–Trinajstić information content (AvgIpc) is 3.49. The Bertz CT molecular complexity index is 1120. The molecule has 0 bridgehead atoms. The topological polar surface area (TPSA) is 107 Å². The molecule has 2 aromatic heterocycles. The van der Waals surface area contributed by atoms with E-state index < -0.39 is 0 Å². The molecule has 0 aliphatic heterocycles. The Hall–Kier alpha value is -4.08. The summed E-state index contributed by atoms with van der Waals surface area (Å²) in [5.41, 5.74) is 4.33. The highest BCUT2D eigenvalue weighted by Crippen LogP contribution is 2.23. The Morgan fingerprint density at radius 2 is 1.83 bits per heavy atom. The Kier molecular flexibility index (Phi) is 5.21. The van der Waals surface area contributed by atoms with Gasteiger partial charge in [0, 0.05) is 12.7 Å². The van der Waals surface area contributed by atoms with Crippen LogP contribution in [-0.4, -0.2) is 53.0 Å². The summed E-state index contributed by atoms with van der Waals surface area (Å²) in [7, 11) is 1.77. The van der Waals surface area contributed by atoms with E-state index in [0.29, 0.717) is 5.69 Å². The minimum absolute atomic E-state index is 0.127. The Balaban J connectivity index is 1.47. The first-order chi connectivity index (χ1) is 14.5. The number of aryl methyl sites for hydroxylation is 1. The summed E-state index contributed by atoms with van der Waals surface area (Å²) < 4.78 is 3.23. The van der Waals surface area contributed by atoms with Crippen molar-refractivity contribution in [1.82, 2.24) is 39.9 Å². The van der Waals surface area contributed by atoms with Crippen molar-refractivity contribution in [2.24, 2.45) is 0 Å². The fraction of sp³-hybridized carbons (Fsp3) is 0.200. The summed E-state index contributed by atoms with van der Waals surface area (Å²) in [4.78, 5) is 18.5. The molecule has 0 saturated heterocycles. The van der Waals surface area contributed by atoms with E-state index in [1.807, 2.05) is 56.3 Å². The van der Waals surface area contributed by atoms with E-state index in [-0.39, 0.29) is 12.1 Å². The molecule has 1 N–H and O–H groups in total. The van der Waals surface area contributed by atoms with Gasteiger partial charge in [0.2, 0.25) is 0 Å². The number of amides is 2. The lowest BCUT2D eigenvalue weighted by Gasteiger charge is -2.26. The van der Waals surface area contributed by atoms with Gasteiger partial charge in [-0.25, -0.2) is 19.1 Å². The van der Waals surface area contributed by atoms with Gasteiger partial charge >= 0.3 is 6.03 Å². The number of aromatic nitrogens is 7. The van der Waals surface area contributed by atoms with E-state index in [9.17, 15) is 4.79 Å². The second kappa shape index (κ2) is 8.11. The van der Waals surface area contributed by atoms with Crippen molar-refractivity contribution < 1.29 is 4.79 Å². The van der Waals surface area contributed by atoms with E-state index in [2.05, 4.69) is 30.9 Å². The average molecular weight is 403 g/mol. The lowest BCUT2D eigenvalue weighted by Crippen LogP contribution is -2.33. The second-order valence-corrected chi connectivity index (χ2v) is 6.90. The third-order valence-electron chi connectivity index (χ3n) is 5.04. The zero-order chi connectivity index (χ0) is 21.1. The van der Waals surface area contributed by atoms with E-state index in [1.54, 1.807) is 23.0 Å². The molecule has 0 aliphatic rings. The van der Waals surface area contributed by atoms with Crippen LogP contribution in [0.5, 0.6) is 0 Å². The summed E-state index contributed by atoms with van der Waals surface area (Å²) >= 11 is 0. The SMILES string of the molecule is Cc1ccc(-n2cnnn2)cc1NC(=O)N(C)[C@H](C)c1ccc(-n2cncn2)cc1. The summed E-state index contributed by atoms with van der Waals surface area (Å²) in [6, 6.07) is 13.2. The minimum atomic E-state index is -0.209. The van der Waals surface area contributed by atoms with Gasteiger partial charge in [0.25, 0.3) is 0 Å². The number of tetrazole rings is 1. The molecule has 4 aromatic rings. The molecule has 10 heteroatoms. The maximum absolute atomic E-state index is 12.9. The van der Waals surface area contributed by atoms with Gasteiger partial charge in [-0.05, 0) is 59.7 Å². The zero-order valence-electron chi connectivity index (χ0n) is 16.8. The zero-order valence-corrected chi connectivity index (χ0v) is 16.8. The van der Waals surface area contributed by atoms with E-state index in [0.717, 1.165) is 22.5 Å². The van der Waals surface area contributed by atoms with Gasteiger partial charge in [0.15, 0.2) is 0 Å². The van der Waals surface area contributed by atoms with Gasteiger partial charge < -0.3 is 10.2 Å². The van der Waals surface area contributed by atoms with Crippen LogP contribution in [0.15, 0.2) is 61.4 Å². The number of urea groups is 1. The number of hydrogen-bond acceptors (Lipinski definition) is 6. The van der Waals surface area contributed by atoms with Gasteiger partial charge in [0.05, 0.1) is 17.4 Å². The van der Waals surface area contributed by atoms with Crippen molar-refractivity contribution in [3.63, 3.8) is 0 Å². The fourth-order valence-electron chi connectivity index (χ4n) is 3.02. The van der Waals surface area contributed by atoms with Crippen molar-refractivity contribution in [1.29, 1.82) is 0 Å². The largest absolute Gasteiger partial charge is 0.322 e. The maximum Gasteiger partial charge on any atom is 0.322 e. The number of hydrogen-bond donors (Lipinski definition) is 1. The molecule has 0 saturated carbocycles. The molecular formula is C20H21N9O. The highest BCUT2D eigenvalue weighted by Gasteiger charge is 2.18. The van der Waals surface area contributed by atoms with Crippen molar-refractivity contribution in [2.45, 2.75) is 19.9 Å². The first kappa shape index (κ1) is 19.2. The lowest BCUT2D eigenvalue weighted by molar-refractivity contribution is 0.208. The minimum Gasteiger partial charge on any atom is -0.321 e. The number of nitrogens with zero attached hydrogens (tertiary/aromatic N) is 8. The standard InChI is InChI=1S/C20H21N9O/c1-14-4-7-18(29-13-22-25-26-29)10-19(14)24-20(30)27(3)15(2)16-5-8-17(9-6-16)28-12-21-11-23-28/h4-13,15H,1-3H3,(H,24,30)/t15-/m1/s1. The number of nitrogens with one attached hydrogen (secondary N) is 1. The van der Waals surface area contributed by atoms with Crippen LogP contribution in [0, 0.1) is 6.92 Å². The molecule has 30 heavy (non-hydrogen) atoms. The molecule has 152 valence electrons. The molecule has 2 amide bonds. The van der Waals surface area contributed by atoms with Gasteiger partial charge in [-0.3, -0.25) is 0 Å². The molecule has 2 aromatic carbocycles.